The van der Waals surface area contributed by atoms with Crippen LogP contribution in [-0.2, 0) is 38.1 Å². The van der Waals surface area contributed by atoms with E-state index < -0.39 is 67.7 Å². The van der Waals surface area contributed by atoms with Crippen molar-refractivity contribution >= 4 is 9.84 Å². The second-order valence-electron chi connectivity index (χ2n) is 13.4. The summed E-state index contributed by atoms with van der Waals surface area (Å²) in [5.41, 5.74) is -6.55. The summed E-state index contributed by atoms with van der Waals surface area (Å²) in [4.78, 5) is 4.15. The molecule has 0 N–H and O–H groups in total. The van der Waals surface area contributed by atoms with E-state index in [1.54, 1.807) is 0 Å². The van der Waals surface area contributed by atoms with Crippen molar-refractivity contribution in [1.82, 2.24) is 9.80 Å². The maximum absolute atomic E-state index is 14.6. The van der Waals surface area contributed by atoms with E-state index in [-0.39, 0.29) is 29.3 Å². The molecule has 53 heavy (non-hydrogen) atoms. The van der Waals surface area contributed by atoms with Gasteiger partial charge in [-0.1, -0.05) is 60.7 Å². The van der Waals surface area contributed by atoms with Crippen molar-refractivity contribution in [3.05, 3.63) is 137 Å². The smallest absolute Gasteiger partial charge is 0.349 e. The maximum Gasteiger partial charge on any atom is 0.430 e. The van der Waals surface area contributed by atoms with Gasteiger partial charge in [-0.25, -0.2) is 21.6 Å². The van der Waals surface area contributed by atoms with Crippen LogP contribution in [0.4, 0.5) is 39.5 Å². The average Bonchev–Trinajstić information content (AvgIpc) is 3.57. The predicted octanol–water partition coefficient (Wildman–Crippen LogP) is 8.68. The Balaban J connectivity index is 1.34. The fourth-order valence-electron chi connectivity index (χ4n) is 7.52. The quantitative estimate of drug-likeness (QED) is 0.119. The Kier molecular flexibility index (Phi) is 10.8. The van der Waals surface area contributed by atoms with E-state index in [1.165, 1.54) is 0 Å². The van der Waals surface area contributed by atoms with Crippen LogP contribution in [0.1, 0.15) is 41.5 Å². The first-order valence-corrected chi connectivity index (χ1v) is 18.3. The van der Waals surface area contributed by atoms with Crippen LogP contribution in [0, 0.1) is 17.5 Å². The Bertz CT molecular complexity index is 1950. The lowest BCUT2D eigenvalue weighted by Gasteiger charge is -2.39. The summed E-state index contributed by atoms with van der Waals surface area (Å²) in [6, 6.07) is 18.6. The highest BCUT2D eigenvalue weighted by Crippen LogP contribution is 2.55. The SMILES string of the molecule is O=S(=O)(c1ccc(F)cc1)C1(c2ccc(C(OCc3c(F)cccc3F)(C(F)(F)F)C(F)(F)F)cc2)CCC(N2CCN(Cc3ccccc3)CC2)C1. The van der Waals surface area contributed by atoms with Gasteiger partial charge in [0.1, 0.15) is 22.2 Å². The fraction of sp³-hybridized carbons (Fsp3) is 0.368. The molecule has 1 heterocycles. The van der Waals surface area contributed by atoms with Crippen molar-refractivity contribution in [3.8, 4) is 0 Å². The van der Waals surface area contributed by atoms with Gasteiger partial charge in [0, 0.05) is 49.9 Å². The van der Waals surface area contributed by atoms with Crippen molar-refractivity contribution < 1.29 is 52.7 Å². The van der Waals surface area contributed by atoms with Gasteiger partial charge in [-0.3, -0.25) is 9.80 Å². The third-order valence-corrected chi connectivity index (χ3v) is 12.9. The molecular formula is C38H35F9N2O3S. The van der Waals surface area contributed by atoms with Crippen molar-refractivity contribution in [2.45, 2.75) is 66.1 Å². The minimum Gasteiger partial charge on any atom is -0.349 e. The summed E-state index contributed by atoms with van der Waals surface area (Å²) < 4.78 is 162. The van der Waals surface area contributed by atoms with Gasteiger partial charge in [0.15, 0.2) is 9.84 Å². The maximum atomic E-state index is 14.6. The zero-order valence-electron chi connectivity index (χ0n) is 28.1. The van der Waals surface area contributed by atoms with Crippen LogP contribution in [0.15, 0.2) is 102 Å². The van der Waals surface area contributed by atoms with Crippen LogP contribution < -0.4 is 0 Å². The first-order chi connectivity index (χ1) is 25.0. The molecule has 0 bridgehead atoms. The first-order valence-electron chi connectivity index (χ1n) is 16.8. The van der Waals surface area contributed by atoms with Gasteiger partial charge in [0.25, 0.3) is 5.60 Å². The molecule has 0 radical (unpaired) electrons. The average molecular weight is 771 g/mol. The molecule has 2 atom stereocenters. The molecule has 284 valence electrons. The molecule has 0 amide bonds. The number of hydrogen-bond acceptors (Lipinski definition) is 5. The van der Waals surface area contributed by atoms with Gasteiger partial charge >= 0.3 is 12.4 Å². The fourth-order valence-corrected chi connectivity index (χ4v) is 9.71. The van der Waals surface area contributed by atoms with Crippen LogP contribution in [0.3, 0.4) is 0 Å². The van der Waals surface area contributed by atoms with Crippen molar-refractivity contribution in [2.75, 3.05) is 26.2 Å². The van der Waals surface area contributed by atoms with Crippen LogP contribution in [0.25, 0.3) is 0 Å². The molecule has 0 aromatic heterocycles. The Morgan fingerprint density at radius 1 is 0.717 bits per heavy atom. The number of halogens is 9. The van der Waals surface area contributed by atoms with Gasteiger partial charge in [0.05, 0.1) is 11.5 Å². The van der Waals surface area contributed by atoms with Crippen molar-refractivity contribution in [2.24, 2.45) is 0 Å². The van der Waals surface area contributed by atoms with Crippen molar-refractivity contribution in [1.29, 1.82) is 0 Å². The van der Waals surface area contributed by atoms with Gasteiger partial charge in [-0.2, -0.15) is 26.3 Å². The predicted molar refractivity (Wildman–Crippen MR) is 178 cm³/mol. The normalized spacial score (nSPS) is 20.9. The summed E-state index contributed by atoms with van der Waals surface area (Å²) in [7, 11) is -4.42. The number of benzene rings is 4. The summed E-state index contributed by atoms with van der Waals surface area (Å²) in [6.45, 7) is 1.58. The Hall–Kier alpha value is -3.92. The number of ether oxygens (including phenoxy) is 1. The monoisotopic (exact) mass is 770 g/mol. The number of nitrogens with zero attached hydrogens (tertiary/aromatic N) is 2. The lowest BCUT2D eigenvalue weighted by molar-refractivity contribution is -0.392. The van der Waals surface area contributed by atoms with Gasteiger partial charge in [0.2, 0.25) is 0 Å². The first kappa shape index (κ1) is 38.8. The van der Waals surface area contributed by atoms with Crippen LogP contribution in [-0.4, -0.2) is 62.8 Å². The number of piperazine rings is 1. The lowest BCUT2D eigenvalue weighted by Crippen LogP contribution is -2.56. The minimum atomic E-state index is -6.17. The molecule has 15 heteroatoms. The largest absolute Gasteiger partial charge is 0.430 e. The summed E-state index contributed by atoms with van der Waals surface area (Å²) in [5.74, 6) is -3.51. The van der Waals surface area contributed by atoms with E-state index in [0.717, 1.165) is 54.6 Å². The summed E-state index contributed by atoms with van der Waals surface area (Å²) in [5, 5.41) is 0. The lowest BCUT2D eigenvalue weighted by atomic mass is 9.88. The van der Waals surface area contributed by atoms with Gasteiger partial charge in [-0.15, -0.1) is 0 Å². The number of hydrogen-bond donors (Lipinski definition) is 0. The molecule has 6 rings (SSSR count). The summed E-state index contributed by atoms with van der Waals surface area (Å²) >= 11 is 0. The Labute approximate surface area is 300 Å². The standard InChI is InChI=1S/C38H35F9N2O3S/c39-29-13-15-31(16-14-29)53(50,51)35(18-17-30(23-35)49-21-19-48(20-22-49)24-26-5-2-1-3-6-26)27-9-11-28(12-10-27)36(37(42,43)44,38(45,46)47)52-25-32-33(40)7-4-8-34(32)41/h1-16,30H,17-25H2. The van der Waals surface area contributed by atoms with E-state index >= 15 is 0 Å². The molecule has 5 nitrogen and oxygen atoms in total. The number of sulfone groups is 1. The van der Waals surface area contributed by atoms with Crippen LogP contribution in [0.2, 0.25) is 0 Å². The van der Waals surface area contributed by atoms with Crippen LogP contribution in [0.5, 0.6) is 0 Å². The van der Waals surface area contributed by atoms with E-state index in [4.69, 9.17) is 0 Å². The molecule has 4 aromatic rings. The number of rotatable bonds is 10. The zero-order valence-corrected chi connectivity index (χ0v) is 28.9. The van der Waals surface area contributed by atoms with Crippen molar-refractivity contribution in [3.63, 3.8) is 0 Å². The third kappa shape index (κ3) is 7.32. The Morgan fingerprint density at radius 2 is 1.30 bits per heavy atom. The molecule has 2 unspecified atom stereocenters. The topological polar surface area (TPSA) is 49.9 Å². The van der Waals surface area contributed by atoms with E-state index in [1.807, 2.05) is 30.3 Å². The molecule has 2 fully saturated rings. The molecule has 0 spiro atoms. The second-order valence-corrected chi connectivity index (χ2v) is 15.6. The molecule has 1 saturated heterocycles. The minimum absolute atomic E-state index is 0.0201. The third-order valence-electron chi connectivity index (χ3n) is 10.4. The molecule has 1 saturated carbocycles. The number of alkyl halides is 6. The highest BCUT2D eigenvalue weighted by Gasteiger charge is 2.73. The Morgan fingerprint density at radius 3 is 1.87 bits per heavy atom. The van der Waals surface area contributed by atoms with Gasteiger partial charge < -0.3 is 4.74 Å². The van der Waals surface area contributed by atoms with E-state index in [2.05, 4.69) is 14.5 Å². The molecular weight excluding hydrogens is 735 g/mol. The van der Waals surface area contributed by atoms with Crippen LogP contribution >= 0.6 is 0 Å². The summed E-state index contributed by atoms with van der Waals surface area (Å²) in [6.07, 6.45) is -12.0. The zero-order chi connectivity index (χ0) is 38.2. The molecule has 1 aliphatic carbocycles. The highest BCUT2D eigenvalue weighted by atomic mass is 32.2. The molecule has 1 aliphatic heterocycles. The van der Waals surface area contributed by atoms with E-state index in [9.17, 15) is 47.9 Å². The second kappa shape index (κ2) is 14.7. The van der Waals surface area contributed by atoms with E-state index in [0.29, 0.717) is 56.9 Å². The molecule has 2 aliphatic rings. The highest BCUT2D eigenvalue weighted by molar-refractivity contribution is 7.92. The van der Waals surface area contributed by atoms with Gasteiger partial charge in [-0.05, 0) is 66.8 Å². The molecule has 4 aromatic carbocycles.